The Hall–Kier alpha value is -1.00. The Balaban J connectivity index is 3.31. The predicted molar refractivity (Wildman–Crippen MR) is 87.5 cm³/mol. The van der Waals surface area contributed by atoms with Gasteiger partial charge in [-0.2, -0.15) is 0 Å². The highest BCUT2D eigenvalue weighted by molar-refractivity contribution is 5.82. The number of ketones is 1. The highest BCUT2D eigenvalue weighted by Crippen LogP contribution is 2.13. The quantitative estimate of drug-likeness (QED) is 0.221. The van der Waals surface area contributed by atoms with E-state index in [9.17, 15) is 19.3 Å². The summed E-state index contributed by atoms with van der Waals surface area (Å²) in [6.07, 6.45) is 11.4. The Morgan fingerprint density at radius 3 is 1.86 bits per heavy atom. The Bertz CT molecular complexity index is 298. The lowest BCUT2D eigenvalue weighted by Crippen LogP contribution is -2.19. The topological polar surface area (TPSA) is 60.2 Å². The summed E-state index contributed by atoms with van der Waals surface area (Å²) in [6.45, 7) is 1.75. The summed E-state index contributed by atoms with van der Waals surface area (Å²) < 4.78 is 13.3. The van der Waals surface area contributed by atoms with E-state index in [-0.39, 0.29) is 12.8 Å². The van der Waals surface area contributed by atoms with Crippen molar-refractivity contribution in [3.8, 4) is 0 Å². The van der Waals surface area contributed by atoms with Crippen LogP contribution in [0, 0.1) is 10.1 Å². The number of hydrogen-bond acceptors (Lipinski definition) is 3. The number of rotatable bonds is 16. The summed E-state index contributed by atoms with van der Waals surface area (Å²) in [6, 6.07) is 0. The number of carbonyl (C=O) groups is 1. The van der Waals surface area contributed by atoms with Gasteiger partial charge < -0.3 is 0 Å². The van der Waals surface area contributed by atoms with Gasteiger partial charge in [0, 0.05) is 11.3 Å². The number of carbonyl (C=O) groups excluding carboxylic acids is 1. The van der Waals surface area contributed by atoms with E-state index in [1.807, 2.05) is 0 Å². The Morgan fingerprint density at radius 1 is 0.955 bits per heavy atom. The smallest absolute Gasteiger partial charge is 0.207 e. The highest BCUT2D eigenvalue weighted by atomic mass is 19.1. The average Bonchev–Trinajstić information content (AvgIpc) is 2.49. The van der Waals surface area contributed by atoms with E-state index >= 15 is 0 Å². The van der Waals surface area contributed by atoms with Crippen LogP contribution in [0.2, 0.25) is 0 Å². The highest BCUT2D eigenvalue weighted by Gasteiger charge is 2.18. The summed E-state index contributed by atoms with van der Waals surface area (Å²) in [4.78, 5) is 21.0. The summed E-state index contributed by atoms with van der Waals surface area (Å²) in [5, 5.41) is 10.1. The first-order chi connectivity index (χ1) is 10.6. The summed E-state index contributed by atoms with van der Waals surface area (Å²) >= 11 is 0. The second-order valence-corrected chi connectivity index (χ2v) is 6.06. The summed E-state index contributed by atoms with van der Waals surface area (Å²) in [7, 11) is 0. The molecule has 4 nitrogen and oxygen atoms in total. The molecule has 22 heavy (non-hydrogen) atoms. The average molecular weight is 317 g/mol. The molecule has 0 aromatic heterocycles. The maximum absolute atomic E-state index is 13.3. The number of nitro groups is 1. The van der Waals surface area contributed by atoms with E-state index in [4.69, 9.17) is 0 Å². The zero-order valence-electron chi connectivity index (χ0n) is 14.0. The molecule has 0 heterocycles. The molecule has 0 amide bonds. The van der Waals surface area contributed by atoms with Gasteiger partial charge in [-0.3, -0.25) is 14.9 Å². The fraction of sp³-hybridized carbons (Fsp3) is 0.941. The van der Waals surface area contributed by atoms with Crippen LogP contribution in [0.25, 0.3) is 0 Å². The zero-order valence-corrected chi connectivity index (χ0v) is 14.0. The van der Waals surface area contributed by atoms with E-state index in [0.29, 0.717) is 6.42 Å². The van der Waals surface area contributed by atoms with E-state index in [1.54, 1.807) is 0 Å². The predicted octanol–water partition coefficient (Wildman–Crippen LogP) is 5.26. The van der Waals surface area contributed by atoms with Crippen molar-refractivity contribution >= 4 is 5.78 Å². The van der Waals surface area contributed by atoms with Crippen LogP contribution >= 0.6 is 0 Å². The van der Waals surface area contributed by atoms with Crippen molar-refractivity contribution in [1.82, 2.24) is 0 Å². The van der Waals surface area contributed by atoms with Crippen molar-refractivity contribution in [3.63, 3.8) is 0 Å². The maximum Gasteiger partial charge on any atom is 0.207 e. The summed E-state index contributed by atoms with van der Waals surface area (Å²) in [5.74, 6) is -0.474. The molecule has 0 saturated carbocycles. The molecular formula is C17H32FNO3. The lowest BCUT2D eigenvalue weighted by atomic mass is 10.0. The lowest BCUT2D eigenvalue weighted by molar-refractivity contribution is -0.481. The maximum atomic E-state index is 13.3. The molecule has 0 bridgehead atoms. The molecule has 0 rings (SSSR count). The van der Waals surface area contributed by atoms with Gasteiger partial charge in [0.1, 0.15) is 0 Å². The van der Waals surface area contributed by atoms with Crippen LogP contribution in [0.4, 0.5) is 4.39 Å². The normalized spacial score (nSPS) is 12.3. The van der Waals surface area contributed by atoms with Gasteiger partial charge in [0.15, 0.2) is 12.0 Å². The van der Waals surface area contributed by atoms with Crippen LogP contribution in [-0.4, -0.2) is 23.4 Å². The minimum atomic E-state index is -1.66. The van der Waals surface area contributed by atoms with Crippen LogP contribution in [0.3, 0.4) is 0 Å². The Morgan fingerprint density at radius 2 is 1.41 bits per heavy atom. The Kier molecular flexibility index (Phi) is 14.2. The van der Waals surface area contributed by atoms with Crippen molar-refractivity contribution in [3.05, 3.63) is 10.1 Å². The van der Waals surface area contributed by atoms with E-state index < -0.39 is 23.4 Å². The number of unbranched alkanes of at least 4 members (excludes halogenated alkanes) is 10. The molecule has 1 atom stereocenters. The SMILES string of the molecule is CCCCCCCCCCCCCC(=O)C(F)CC[N+](=O)[O-]. The third-order valence-electron chi connectivity index (χ3n) is 3.94. The molecule has 130 valence electrons. The number of halogens is 1. The van der Waals surface area contributed by atoms with Gasteiger partial charge in [-0.25, -0.2) is 4.39 Å². The molecule has 1 unspecified atom stereocenters. The minimum Gasteiger partial charge on any atom is -0.296 e. The van der Waals surface area contributed by atoms with Gasteiger partial charge in [0.05, 0.1) is 6.42 Å². The lowest BCUT2D eigenvalue weighted by Gasteiger charge is -2.05. The van der Waals surface area contributed by atoms with Crippen LogP contribution in [0.15, 0.2) is 0 Å². The fourth-order valence-corrected chi connectivity index (χ4v) is 2.50. The van der Waals surface area contributed by atoms with Gasteiger partial charge in [0.25, 0.3) is 0 Å². The number of hydrogen-bond donors (Lipinski definition) is 0. The van der Waals surface area contributed by atoms with Gasteiger partial charge in [-0.05, 0) is 6.42 Å². The molecule has 0 aromatic carbocycles. The molecule has 0 fully saturated rings. The minimum absolute atomic E-state index is 0.218. The third kappa shape index (κ3) is 14.0. The van der Waals surface area contributed by atoms with Gasteiger partial charge >= 0.3 is 0 Å². The van der Waals surface area contributed by atoms with Crippen LogP contribution < -0.4 is 0 Å². The van der Waals surface area contributed by atoms with E-state index in [2.05, 4.69) is 6.92 Å². The van der Waals surface area contributed by atoms with Crippen molar-refractivity contribution in [2.45, 2.75) is 96.6 Å². The van der Waals surface area contributed by atoms with Crippen LogP contribution in [0.5, 0.6) is 0 Å². The largest absolute Gasteiger partial charge is 0.296 e. The fourth-order valence-electron chi connectivity index (χ4n) is 2.50. The van der Waals surface area contributed by atoms with Gasteiger partial charge in [-0.1, -0.05) is 71.1 Å². The Labute approximate surface area is 134 Å². The monoisotopic (exact) mass is 317 g/mol. The second-order valence-electron chi connectivity index (χ2n) is 6.06. The molecule has 0 aromatic rings. The molecule has 0 saturated heterocycles. The molecule has 0 aliphatic rings. The first-order valence-electron chi connectivity index (χ1n) is 8.86. The zero-order chi connectivity index (χ0) is 16.6. The van der Waals surface area contributed by atoms with Crippen molar-refractivity contribution in [2.75, 3.05) is 6.54 Å². The molecule has 0 spiro atoms. The van der Waals surface area contributed by atoms with E-state index in [0.717, 1.165) is 12.8 Å². The molecule has 0 aliphatic carbocycles. The van der Waals surface area contributed by atoms with Crippen LogP contribution in [-0.2, 0) is 4.79 Å². The first kappa shape index (κ1) is 21.0. The standard InChI is InChI=1S/C17H32FNO3/c1-2-3-4-5-6-7-8-9-10-11-12-13-17(20)16(18)14-15-19(21)22/h16H,2-15H2,1H3. The number of alkyl halides is 1. The van der Waals surface area contributed by atoms with Crippen LogP contribution in [0.1, 0.15) is 90.4 Å². The molecular weight excluding hydrogens is 285 g/mol. The van der Waals surface area contributed by atoms with Crippen molar-refractivity contribution < 1.29 is 14.1 Å². The third-order valence-corrected chi connectivity index (χ3v) is 3.94. The first-order valence-corrected chi connectivity index (χ1v) is 8.86. The van der Waals surface area contributed by atoms with Gasteiger partial charge in [-0.15, -0.1) is 0 Å². The number of Topliss-reactive ketones (excluding diaryl/α,β-unsaturated/α-hetero) is 1. The molecule has 5 heteroatoms. The molecule has 0 N–H and O–H groups in total. The van der Waals surface area contributed by atoms with Crippen molar-refractivity contribution in [1.29, 1.82) is 0 Å². The molecule has 0 radical (unpaired) electrons. The van der Waals surface area contributed by atoms with Gasteiger partial charge in [0.2, 0.25) is 6.54 Å². The molecule has 0 aliphatic heterocycles. The van der Waals surface area contributed by atoms with E-state index in [1.165, 1.54) is 51.4 Å². The second kappa shape index (κ2) is 14.9. The van der Waals surface area contributed by atoms with Crippen molar-refractivity contribution in [2.24, 2.45) is 0 Å². The summed E-state index contributed by atoms with van der Waals surface area (Å²) in [5.41, 5.74) is 0. The number of nitrogens with zero attached hydrogens (tertiary/aromatic N) is 1.